The molecule has 0 aliphatic rings. The molecule has 0 saturated heterocycles. The molecule has 0 aromatic heterocycles. The summed E-state index contributed by atoms with van der Waals surface area (Å²) in [4.78, 5) is 13.2. The molecule has 1 atom stereocenters. The van der Waals surface area contributed by atoms with Gasteiger partial charge >= 0.3 is 0 Å². The van der Waals surface area contributed by atoms with Crippen LogP contribution in [0.2, 0.25) is 0 Å². The van der Waals surface area contributed by atoms with E-state index in [-0.39, 0.29) is 4.81 Å². The number of rotatable bonds is 11. The fourth-order valence-corrected chi connectivity index (χ4v) is 4.00. The van der Waals surface area contributed by atoms with Crippen molar-refractivity contribution in [3.05, 3.63) is 64.2 Å². The van der Waals surface area contributed by atoms with E-state index in [1.54, 1.807) is 0 Å². The Morgan fingerprint density at radius 1 is 0.833 bits per heavy atom. The summed E-state index contributed by atoms with van der Waals surface area (Å²) in [5, 5.41) is 0. The molecule has 0 aliphatic carbocycles. The molecule has 3 nitrogen and oxygen atoms in total. The number of quaternary nitrogens is 1. The van der Waals surface area contributed by atoms with Crippen molar-refractivity contribution in [3.63, 3.8) is 0 Å². The molecule has 0 N–H and O–H groups in total. The van der Waals surface area contributed by atoms with E-state index in [0.29, 0.717) is 25.0 Å². The van der Waals surface area contributed by atoms with Crippen molar-refractivity contribution in [2.75, 3.05) is 13.2 Å². The standard InChI is InChI=1S/C27H42NO2/c1-9-28(29-10-2,19-25-15-11-13-22(7)23(25)8)30-27-16-12-14-24(17-20(3)4)26(27)18-21(5)6/h11-16,20-21H,9-10,17-19H2,1-8H3/q+1. The van der Waals surface area contributed by atoms with Crippen LogP contribution in [-0.4, -0.2) is 18.0 Å². The van der Waals surface area contributed by atoms with E-state index < -0.39 is 0 Å². The van der Waals surface area contributed by atoms with Gasteiger partial charge in [0.1, 0.15) is 13.2 Å². The summed E-state index contributed by atoms with van der Waals surface area (Å²) >= 11 is 0. The Kier molecular flexibility index (Phi) is 8.93. The van der Waals surface area contributed by atoms with Gasteiger partial charge in [-0.15, -0.1) is 0 Å². The van der Waals surface area contributed by atoms with Crippen molar-refractivity contribution >= 4 is 0 Å². The second-order valence-electron chi connectivity index (χ2n) is 9.25. The van der Waals surface area contributed by atoms with E-state index in [2.05, 4.69) is 84.9 Å². The third kappa shape index (κ3) is 6.33. The van der Waals surface area contributed by atoms with Crippen LogP contribution < -0.4 is 4.84 Å². The molecule has 0 aliphatic heterocycles. The van der Waals surface area contributed by atoms with Gasteiger partial charge in [-0.2, -0.15) is 4.84 Å². The summed E-state index contributed by atoms with van der Waals surface area (Å²) in [5.74, 6) is 2.14. The maximum Gasteiger partial charge on any atom is 0.198 e. The number of hydrogen-bond acceptors (Lipinski definition) is 2. The number of hydrogen-bond donors (Lipinski definition) is 0. The summed E-state index contributed by atoms with van der Waals surface area (Å²) in [6, 6.07) is 13.0. The first kappa shape index (κ1) is 24.4. The molecule has 0 radical (unpaired) electrons. The highest BCUT2D eigenvalue weighted by Gasteiger charge is 2.34. The Morgan fingerprint density at radius 2 is 1.47 bits per heavy atom. The quantitative estimate of drug-likeness (QED) is 0.293. The van der Waals surface area contributed by atoms with Gasteiger partial charge in [-0.3, -0.25) is 4.84 Å². The average Bonchev–Trinajstić information content (AvgIpc) is 2.67. The molecular weight excluding hydrogens is 370 g/mol. The zero-order chi connectivity index (χ0) is 22.3. The highest BCUT2D eigenvalue weighted by atomic mass is 17.0. The van der Waals surface area contributed by atoms with Crippen molar-refractivity contribution < 1.29 is 14.5 Å². The Labute approximate surface area is 184 Å². The van der Waals surface area contributed by atoms with Crippen LogP contribution >= 0.6 is 0 Å². The molecule has 30 heavy (non-hydrogen) atoms. The van der Waals surface area contributed by atoms with Gasteiger partial charge in [-0.1, -0.05) is 58.0 Å². The summed E-state index contributed by atoms with van der Waals surface area (Å²) in [6.07, 6.45) is 2.08. The predicted octanol–water partition coefficient (Wildman–Crippen LogP) is 6.98. The Hall–Kier alpha value is -1.84. The molecule has 2 rings (SSSR count). The van der Waals surface area contributed by atoms with Crippen molar-refractivity contribution in [3.8, 4) is 5.75 Å². The third-order valence-corrected chi connectivity index (χ3v) is 5.71. The van der Waals surface area contributed by atoms with Crippen LogP contribution in [0.25, 0.3) is 0 Å². The summed E-state index contributed by atoms with van der Waals surface area (Å²) in [7, 11) is 0. The van der Waals surface area contributed by atoms with Gasteiger partial charge in [0, 0.05) is 15.9 Å². The van der Waals surface area contributed by atoms with E-state index in [9.17, 15) is 0 Å². The zero-order valence-corrected chi connectivity index (χ0v) is 20.4. The topological polar surface area (TPSA) is 18.5 Å². The van der Waals surface area contributed by atoms with Crippen LogP contribution in [0.4, 0.5) is 0 Å². The van der Waals surface area contributed by atoms with Crippen LogP contribution in [0, 0.1) is 25.7 Å². The van der Waals surface area contributed by atoms with Crippen molar-refractivity contribution in [1.82, 2.24) is 0 Å². The molecule has 0 bridgehead atoms. The molecule has 0 spiro atoms. The molecule has 0 saturated carbocycles. The van der Waals surface area contributed by atoms with Crippen LogP contribution in [0.1, 0.15) is 69.4 Å². The molecule has 2 aromatic carbocycles. The Morgan fingerprint density at radius 3 is 2.07 bits per heavy atom. The molecule has 3 heteroatoms. The second-order valence-corrected chi connectivity index (χ2v) is 9.25. The molecular formula is C27H42NO2+. The summed E-state index contributed by atoms with van der Waals surface area (Å²) < 4.78 is 0. The zero-order valence-electron chi connectivity index (χ0n) is 20.4. The summed E-state index contributed by atoms with van der Waals surface area (Å²) in [6.45, 7) is 19.7. The molecule has 0 fully saturated rings. The number of hydroxylamine groups is 4. The van der Waals surface area contributed by atoms with Gasteiger partial charge in [0.2, 0.25) is 0 Å². The second kappa shape index (κ2) is 11.0. The number of benzene rings is 2. The largest absolute Gasteiger partial charge is 0.280 e. The average molecular weight is 413 g/mol. The lowest BCUT2D eigenvalue weighted by Gasteiger charge is -2.33. The van der Waals surface area contributed by atoms with Gasteiger partial charge in [0.05, 0.1) is 0 Å². The van der Waals surface area contributed by atoms with E-state index in [1.165, 1.54) is 27.8 Å². The highest BCUT2D eigenvalue weighted by Crippen LogP contribution is 2.31. The van der Waals surface area contributed by atoms with Crippen LogP contribution in [-0.2, 0) is 24.2 Å². The fraction of sp³-hybridized carbons (Fsp3) is 0.556. The minimum atomic E-state index is 0.150. The van der Waals surface area contributed by atoms with Crippen molar-refractivity contribution in [2.24, 2.45) is 11.8 Å². The smallest absolute Gasteiger partial charge is 0.198 e. The van der Waals surface area contributed by atoms with Gasteiger partial charge in [0.25, 0.3) is 0 Å². The van der Waals surface area contributed by atoms with Crippen molar-refractivity contribution in [1.29, 1.82) is 0 Å². The van der Waals surface area contributed by atoms with Gasteiger partial charge in [-0.25, -0.2) is 0 Å². The van der Waals surface area contributed by atoms with Crippen molar-refractivity contribution in [2.45, 2.75) is 74.8 Å². The molecule has 166 valence electrons. The summed E-state index contributed by atoms with van der Waals surface area (Å²) in [5.41, 5.74) is 6.62. The van der Waals surface area contributed by atoms with Gasteiger partial charge in [0.15, 0.2) is 12.3 Å². The molecule has 2 aromatic rings. The maximum atomic E-state index is 6.76. The lowest BCUT2D eigenvalue weighted by atomic mass is 9.92. The normalized spacial score (nSPS) is 13.7. The van der Waals surface area contributed by atoms with E-state index >= 15 is 0 Å². The maximum absolute atomic E-state index is 6.76. The van der Waals surface area contributed by atoms with E-state index in [0.717, 1.165) is 25.1 Å². The number of nitrogens with zero attached hydrogens (tertiary/aromatic N) is 1. The fourth-order valence-electron chi connectivity index (χ4n) is 4.00. The van der Waals surface area contributed by atoms with Gasteiger partial charge in [-0.05, 0) is 75.1 Å². The van der Waals surface area contributed by atoms with E-state index in [1.807, 2.05) is 6.92 Å². The first-order chi connectivity index (χ1) is 14.2. The minimum absolute atomic E-state index is 0.150. The first-order valence-corrected chi connectivity index (χ1v) is 11.6. The van der Waals surface area contributed by atoms with E-state index in [4.69, 9.17) is 9.68 Å². The molecule has 1 unspecified atom stereocenters. The van der Waals surface area contributed by atoms with Crippen LogP contribution in [0.3, 0.4) is 0 Å². The predicted molar refractivity (Wildman–Crippen MR) is 126 cm³/mol. The number of aryl methyl sites for hydroxylation is 1. The lowest BCUT2D eigenvalue weighted by Crippen LogP contribution is -2.50. The molecule has 0 amide bonds. The van der Waals surface area contributed by atoms with Crippen LogP contribution in [0.5, 0.6) is 5.75 Å². The highest BCUT2D eigenvalue weighted by molar-refractivity contribution is 5.40. The molecule has 0 heterocycles. The van der Waals surface area contributed by atoms with Crippen LogP contribution in [0.15, 0.2) is 36.4 Å². The Balaban J connectivity index is 2.48. The monoisotopic (exact) mass is 412 g/mol. The first-order valence-electron chi connectivity index (χ1n) is 11.6. The SMILES string of the molecule is CCO[N+](CC)(Cc1cccc(C)c1C)Oc1cccc(CC(C)C)c1CC(C)C. The van der Waals surface area contributed by atoms with Gasteiger partial charge < -0.3 is 0 Å². The lowest BCUT2D eigenvalue weighted by molar-refractivity contribution is -1.23. The minimum Gasteiger partial charge on any atom is -0.280 e. The Bertz CT molecular complexity index is 813. The third-order valence-electron chi connectivity index (χ3n) is 5.71.